The molecule has 2 aliphatic rings. The predicted molar refractivity (Wildman–Crippen MR) is 130 cm³/mol. The van der Waals surface area contributed by atoms with Gasteiger partial charge in [0.05, 0.1) is 0 Å². The van der Waals surface area contributed by atoms with E-state index in [2.05, 4.69) is 34.0 Å². The second-order valence-electron chi connectivity index (χ2n) is 7.93. The maximum Gasteiger partial charge on any atom is 0.194 e. The summed E-state index contributed by atoms with van der Waals surface area (Å²) in [6.45, 7) is 10.3. The minimum absolute atomic E-state index is 0. The van der Waals surface area contributed by atoms with Crippen molar-refractivity contribution in [3.63, 3.8) is 0 Å². The molecule has 8 heteroatoms. The molecule has 164 valence electrons. The number of piperazine rings is 1. The second-order valence-corrected chi connectivity index (χ2v) is 8.34. The summed E-state index contributed by atoms with van der Waals surface area (Å²) in [6.07, 6.45) is 2.54. The quantitative estimate of drug-likeness (QED) is 0.354. The van der Waals surface area contributed by atoms with E-state index >= 15 is 0 Å². The molecule has 0 aromatic heterocycles. The van der Waals surface area contributed by atoms with E-state index in [4.69, 9.17) is 16.6 Å². The molecule has 29 heavy (non-hydrogen) atoms. The van der Waals surface area contributed by atoms with Crippen LogP contribution in [-0.4, -0.2) is 80.1 Å². The van der Waals surface area contributed by atoms with E-state index in [1.807, 2.05) is 0 Å². The standard InChI is InChI=1S/C21H33ClFN5.HI/c1-3-24-21(25-14-17-6-5-9-26(2)15-17)28-12-10-27(11-13-28)16-18-19(22)7-4-8-20(18)23;/h4,7-8,17H,3,5-6,9-16H2,1-2H3,(H,24,25);1H. The molecule has 1 aromatic carbocycles. The van der Waals surface area contributed by atoms with Crippen LogP contribution in [0, 0.1) is 11.7 Å². The lowest BCUT2D eigenvalue weighted by Crippen LogP contribution is -2.52. The third kappa shape index (κ3) is 7.22. The zero-order valence-corrected chi connectivity index (χ0v) is 20.6. The Morgan fingerprint density at radius 3 is 2.66 bits per heavy atom. The van der Waals surface area contributed by atoms with Gasteiger partial charge in [-0.05, 0) is 51.4 Å². The fourth-order valence-corrected chi connectivity index (χ4v) is 4.31. The largest absolute Gasteiger partial charge is 0.357 e. The Morgan fingerprint density at radius 2 is 2.00 bits per heavy atom. The number of nitrogens with one attached hydrogen (secondary N) is 1. The number of piperidine rings is 1. The van der Waals surface area contributed by atoms with Gasteiger partial charge in [-0.2, -0.15) is 0 Å². The van der Waals surface area contributed by atoms with Gasteiger partial charge < -0.3 is 15.1 Å². The van der Waals surface area contributed by atoms with Crippen LogP contribution < -0.4 is 5.32 Å². The number of rotatable bonds is 5. The fourth-order valence-electron chi connectivity index (χ4n) is 4.09. The monoisotopic (exact) mass is 537 g/mol. The Kier molecular flexibility index (Phi) is 10.4. The van der Waals surface area contributed by atoms with E-state index in [9.17, 15) is 4.39 Å². The lowest BCUT2D eigenvalue weighted by atomic mass is 9.99. The van der Waals surface area contributed by atoms with Crippen LogP contribution >= 0.6 is 35.6 Å². The lowest BCUT2D eigenvalue weighted by molar-refractivity contribution is 0.170. The van der Waals surface area contributed by atoms with Crippen LogP contribution in [0.2, 0.25) is 5.02 Å². The van der Waals surface area contributed by atoms with E-state index in [0.29, 0.717) is 23.0 Å². The van der Waals surface area contributed by atoms with Gasteiger partial charge in [0.25, 0.3) is 0 Å². The molecular weight excluding hydrogens is 504 g/mol. The van der Waals surface area contributed by atoms with Crippen molar-refractivity contribution in [2.75, 3.05) is 59.4 Å². The summed E-state index contributed by atoms with van der Waals surface area (Å²) in [4.78, 5) is 11.9. The van der Waals surface area contributed by atoms with Crippen molar-refractivity contribution >= 4 is 41.5 Å². The summed E-state index contributed by atoms with van der Waals surface area (Å²) in [6, 6.07) is 4.90. The zero-order chi connectivity index (χ0) is 19.9. The zero-order valence-electron chi connectivity index (χ0n) is 17.5. The fraction of sp³-hybridized carbons (Fsp3) is 0.667. The molecule has 2 fully saturated rings. The number of aliphatic imine (C=N–C) groups is 1. The Bertz CT molecular complexity index is 646. The average molecular weight is 538 g/mol. The number of hydrogen-bond acceptors (Lipinski definition) is 3. The third-order valence-electron chi connectivity index (χ3n) is 5.67. The Balaban J connectivity index is 0.00000300. The molecule has 2 heterocycles. The molecule has 2 aliphatic heterocycles. The number of nitrogens with zero attached hydrogens (tertiary/aromatic N) is 4. The molecule has 1 atom stereocenters. The molecule has 0 radical (unpaired) electrons. The number of likely N-dealkylation sites (tertiary alicyclic amines) is 1. The van der Waals surface area contributed by atoms with Gasteiger partial charge >= 0.3 is 0 Å². The maximum atomic E-state index is 14.1. The van der Waals surface area contributed by atoms with Crippen molar-refractivity contribution in [2.24, 2.45) is 10.9 Å². The highest BCUT2D eigenvalue weighted by Gasteiger charge is 2.22. The van der Waals surface area contributed by atoms with Gasteiger partial charge in [0, 0.05) is 62.9 Å². The number of halogens is 3. The predicted octanol–water partition coefficient (Wildman–Crippen LogP) is 3.52. The van der Waals surface area contributed by atoms with E-state index in [1.54, 1.807) is 12.1 Å². The van der Waals surface area contributed by atoms with Gasteiger partial charge in [0.1, 0.15) is 5.82 Å². The average Bonchev–Trinajstić information content (AvgIpc) is 2.69. The second kappa shape index (κ2) is 12.3. The first-order valence-corrected chi connectivity index (χ1v) is 10.8. The van der Waals surface area contributed by atoms with Gasteiger partial charge in [-0.3, -0.25) is 9.89 Å². The van der Waals surface area contributed by atoms with Crippen LogP contribution in [0.5, 0.6) is 0 Å². The van der Waals surface area contributed by atoms with Crippen LogP contribution in [0.4, 0.5) is 4.39 Å². The first kappa shape index (κ1) is 24.6. The highest BCUT2D eigenvalue weighted by atomic mass is 127. The topological polar surface area (TPSA) is 34.1 Å². The van der Waals surface area contributed by atoms with Gasteiger partial charge in [-0.1, -0.05) is 17.7 Å². The molecule has 5 nitrogen and oxygen atoms in total. The molecule has 1 N–H and O–H groups in total. The van der Waals surface area contributed by atoms with E-state index in [1.165, 1.54) is 25.5 Å². The number of hydrogen-bond donors (Lipinski definition) is 1. The molecule has 1 unspecified atom stereocenters. The van der Waals surface area contributed by atoms with Gasteiger partial charge in [0.2, 0.25) is 0 Å². The number of benzene rings is 1. The van der Waals surface area contributed by atoms with Gasteiger partial charge in [-0.25, -0.2) is 4.39 Å². The highest BCUT2D eigenvalue weighted by Crippen LogP contribution is 2.21. The minimum atomic E-state index is -0.220. The van der Waals surface area contributed by atoms with Gasteiger partial charge in [-0.15, -0.1) is 24.0 Å². The van der Waals surface area contributed by atoms with Crippen molar-refractivity contribution in [3.8, 4) is 0 Å². The molecule has 3 rings (SSSR count). The van der Waals surface area contributed by atoms with E-state index in [0.717, 1.165) is 51.8 Å². The summed E-state index contributed by atoms with van der Waals surface area (Å²) < 4.78 is 14.1. The highest BCUT2D eigenvalue weighted by molar-refractivity contribution is 14.0. The Morgan fingerprint density at radius 1 is 1.24 bits per heavy atom. The molecule has 0 aliphatic carbocycles. The lowest BCUT2D eigenvalue weighted by Gasteiger charge is -2.37. The summed E-state index contributed by atoms with van der Waals surface area (Å²) in [5.74, 6) is 1.44. The molecule has 0 saturated carbocycles. The van der Waals surface area contributed by atoms with Crippen molar-refractivity contribution in [1.82, 2.24) is 20.0 Å². The van der Waals surface area contributed by atoms with Crippen LogP contribution in [0.1, 0.15) is 25.3 Å². The molecule has 0 amide bonds. The van der Waals surface area contributed by atoms with Crippen LogP contribution in [0.25, 0.3) is 0 Å². The number of guanidine groups is 1. The van der Waals surface area contributed by atoms with Gasteiger partial charge in [0.15, 0.2) is 5.96 Å². The first-order valence-electron chi connectivity index (χ1n) is 10.4. The molecule has 0 bridgehead atoms. The van der Waals surface area contributed by atoms with E-state index in [-0.39, 0.29) is 29.8 Å². The van der Waals surface area contributed by atoms with Crippen LogP contribution in [0.3, 0.4) is 0 Å². The normalized spacial score (nSPS) is 21.7. The van der Waals surface area contributed by atoms with Crippen molar-refractivity contribution in [1.29, 1.82) is 0 Å². The summed E-state index contributed by atoms with van der Waals surface area (Å²) in [5, 5.41) is 3.96. The smallest absolute Gasteiger partial charge is 0.194 e. The van der Waals surface area contributed by atoms with Crippen molar-refractivity contribution < 1.29 is 4.39 Å². The molecule has 1 aromatic rings. The third-order valence-corrected chi connectivity index (χ3v) is 6.03. The van der Waals surface area contributed by atoms with Crippen LogP contribution in [0.15, 0.2) is 23.2 Å². The SMILES string of the molecule is CCNC(=NCC1CCCN(C)C1)N1CCN(Cc2c(F)cccc2Cl)CC1.I. The Labute approximate surface area is 196 Å². The molecule has 0 spiro atoms. The van der Waals surface area contributed by atoms with Crippen molar-refractivity contribution in [3.05, 3.63) is 34.6 Å². The van der Waals surface area contributed by atoms with E-state index < -0.39 is 0 Å². The maximum absolute atomic E-state index is 14.1. The molecule has 2 saturated heterocycles. The summed E-state index contributed by atoms with van der Waals surface area (Å²) >= 11 is 6.18. The van der Waals surface area contributed by atoms with Crippen molar-refractivity contribution in [2.45, 2.75) is 26.3 Å². The molecular formula is C21H34ClFIN5. The first-order chi connectivity index (χ1) is 13.6. The van der Waals surface area contributed by atoms with Crippen LogP contribution in [-0.2, 0) is 6.54 Å². The summed E-state index contributed by atoms with van der Waals surface area (Å²) in [5.41, 5.74) is 0.597. The Hall–Kier alpha value is -0.640. The minimum Gasteiger partial charge on any atom is -0.357 e. The summed E-state index contributed by atoms with van der Waals surface area (Å²) in [7, 11) is 2.20.